The summed E-state index contributed by atoms with van der Waals surface area (Å²) >= 11 is 0. The van der Waals surface area contributed by atoms with Crippen LogP contribution in [0, 0.1) is 6.92 Å². The van der Waals surface area contributed by atoms with E-state index in [2.05, 4.69) is 34.9 Å². The van der Waals surface area contributed by atoms with Crippen molar-refractivity contribution in [3.8, 4) is 17.2 Å². The van der Waals surface area contributed by atoms with Gasteiger partial charge in [-0.3, -0.25) is 0 Å². The van der Waals surface area contributed by atoms with Crippen LogP contribution in [0.2, 0.25) is 0 Å². The number of methoxy groups -OCH3 is 4. The van der Waals surface area contributed by atoms with Crippen LogP contribution in [0.4, 0.5) is 0 Å². The van der Waals surface area contributed by atoms with Crippen LogP contribution in [0.15, 0.2) is 48.6 Å². The number of benzene rings is 2. The molecule has 0 spiro atoms. The van der Waals surface area contributed by atoms with Crippen molar-refractivity contribution in [2.45, 2.75) is 49.0 Å². The van der Waals surface area contributed by atoms with Crippen molar-refractivity contribution < 1.29 is 66.4 Å². The molecule has 2 atom stereocenters. The number of aryl methyl sites for hydroxylation is 1. The molecule has 0 heterocycles. The fourth-order valence-electron chi connectivity index (χ4n) is 2.63. The van der Waals surface area contributed by atoms with Crippen LogP contribution in [0.3, 0.4) is 0 Å². The molecule has 0 saturated heterocycles. The zero-order chi connectivity index (χ0) is 28.1. The van der Waals surface area contributed by atoms with Gasteiger partial charge >= 0.3 is 11.9 Å². The predicted octanol–water partition coefficient (Wildman–Crippen LogP) is 7.90. The smallest absolute Gasteiger partial charge is 0.330 e. The molecular weight excluding hydrogens is 647 g/mol. The standard InChI is InChI=1S/C14H19O3P.C11H12O4.C3H8P.4CH4.Y/c1-16-13-10-11(6-8-14(15)17-2)5-7-12(13)4-3-9-18;1-14-10-7-8(3-5-9(10)12)4-6-11(13)15-2;1-2-3-4;;;;;/h5-8,10H,3-4,9,18H2,1-2H3;3-7,12H,1-2H3;1-4H2;4*1H4;/q;;-1;;;;;/b8-6+;6-4+;;;;;;. The van der Waals surface area contributed by atoms with Gasteiger partial charge in [0.25, 0.3) is 0 Å². The Bertz CT molecular complexity index is 1010. The molecule has 2 unspecified atom stereocenters. The van der Waals surface area contributed by atoms with Gasteiger partial charge in [0.15, 0.2) is 11.5 Å². The van der Waals surface area contributed by atoms with E-state index < -0.39 is 5.97 Å². The van der Waals surface area contributed by atoms with Gasteiger partial charge < -0.3 is 31.0 Å². The van der Waals surface area contributed by atoms with Gasteiger partial charge in [-0.2, -0.15) is 6.42 Å². The summed E-state index contributed by atoms with van der Waals surface area (Å²) in [4.78, 5) is 21.8. The van der Waals surface area contributed by atoms with Gasteiger partial charge in [0, 0.05) is 44.9 Å². The largest absolute Gasteiger partial charge is 0.504 e. The summed E-state index contributed by atoms with van der Waals surface area (Å²) in [7, 11) is 11.1. The molecule has 239 valence electrons. The Kier molecular flexibility index (Phi) is 42.4. The van der Waals surface area contributed by atoms with Crippen molar-refractivity contribution >= 4 is 42.6 Å². The summed E-state index contributed by atoms with van der Waals surface area (Å²) in [6, 6.07) is 10.7. The van der Waals surface area contributed by atoms with Gasteiger partial charge in [0.2, 0.25) is 0 Å². The number of hydrogen-bond donors (Lipinski definition) is 1. The molecule has 0 aliphatic heterocycles. The first-order valence-corrected chi connectivity index (χ1v) is 13.2. The SMILES string of the molecule is C.C.C.C.COC(=O)/C=C/c1ccc(CCCP)c(OC)c1.COC(=O)/C=C/c1ccc(O)c(OC)c1.[CH2-]CCP.[Y]. The first-order valence-electron chi connectivity index (χ1n) is 11.5. The number of ether oxygens (including phenoxy) is 4. The Labute approximate surface area is 286 Å². The van der Waals surface area contributed by atoms with E-state index in [4.69, 9.17) is 9.47 Å². The molecule has 1 radical (unpaired) electrons. The number of carbonyl (C=O) groups excluding carboxylic acids is 2. The number of rotatable bonds is 10. The number of phenolic OH excluding ortho intramolecular Hbond substituents is 1. The van der Waals surface area contributed by atoms with Crippen LogP contribution in [-0.2, 0) is 58.2 Å². The van der Waals surface area contributed by atoms with Crippen molar-refractivity contribution in [3.63, 3.8) is 0 Å². The summed E-state index contributed by atoms with van der Waals surface area (Å²) in [5, 5.41) is 9.32. The summed E-state index contributed by atoms with van der Waals surface area (Å²) in [5.74, 6) is 0.498. The van der Waals surface area contributed by atoms with Crippen molar-refractivity contribution in [2.75, 3.05) is 40.8 Å². The first-order chi connectivity index (χ1) is 17.8. The minimum atomic E-state index is -0.429. The van der Waals surface area contributed by atoms with Crippen LogP contribution in [0.1, 0.15) is 59.2 Å². The normalized spacial score (nSPS) is 8.93. The molecule has 7 nitrogen and oxygen atoms in total. The van der Waals surface area contributed by atoms with Crippen LogP contribution in [0.5, 0.6) is 17.2 Å². The molecule has 1 N–H and O–H groups in total. The summed E-state index contributed by atoms with van der Waals surface area (Å²) in [6.45, 7) is 3.58. The number of hydrogen-bond acceptors (Lipinski definition) is 7. The molecule has 2 aromatic carbocycles. The van der Waals surface area contributed by atoms with Gasteiger partial charge in [-0.15, -0.1) is 18.5 Å². The Morgan fingerprint density at radius 1 is 0.786 bits per heavy atom. The Morgan fingerprint density at radius 3 is 1.60 bits per heavy atom. The Morgan fingerprint density at radius 2 is 1.21 bits per heavy atom. The monoisotopic (exact) mass is 702 g/mol. The fourth-order valence-corrected chi connectivity index (χ4v) is 2.83. The molecule has 0 bridgehead atoms. The molecule has 0 saturated carbocycles. The minimum absolute atomic E-state index is 0. The zero-order valence-electron chi connectivity index (χ0n) is 22.6. The average molecular weight is 703 g/mol. The van der Waals surface area contributed by atoms with Crippen molar-refractivity contribution in [3.05, 3.63) is 72.2 Å². The predicted molar refractivity (Wildman–Crippen MR) is 184 cm³/mol. The maximum absolute atomic E-state index is 11.0. The van der Waals surface area contributed by atoms with Crippen molar-refractivity contribution in [2.24, 2.45) is 0 Å². The van der Waals surface area contributed by atoms with E-state index in [0.29, 0.717) is 5.75 Å². The third-order valence-corrected chi connectivity index (χ3v) is 5.41. The molecule has 2 aromatic rings. The van der Waals surface area contributed by atoms with E-state index in [1.807, 2.05) is 18.2 Å². The topological polar surface area (TPSA) is 91.3 Å². The Balaban J connectivity index is -0.000000125. The molecular formula is C32H55O7P2Y-. The van der Waals surface area contributed by atoms with Gasteiger partial charge in [-0.05, 0) is 66.0 Å². The fraction of sp³-hybridized carbons (Fsp3) is 0.406. The third-order valence-electron chi connectivity index (χ3n) is 4.60. The Hall–Kier alpha value is -1.78. The quantitative estimate of drug-likeness (QED) is 0.117. The van der Waals surface area contributed by atoms with Crippen LogP contribution >= 0.6 is 18.5 Å². The summed E-state index contributed by atoms with van der Waals surface area (Å²) in [5.41, 5.74) is 2.86. The second kappa shape index (κ2) is 33.7. The number of carbonyl (C=O) groups is 2. The van der Waals surface area contributed by atoms with Gasteiger partial charge in [-0.1, -0.05) is 54.1 Å². The molecule has 42 heavy (non-hydrogen) atoms. The summed E-state index contributed by atoms with van der Waals surface area (Å²) < 4.78 is 19.3. The molecule has 0 aromatic heterocycles. The van der Waals surface area contributed by atoms with Gasteiger partial charge in [0.1, 0.15) is 5.75 Å². The van der Waals surface area contributed by atoms with Crippen molar-refractivity contribution in [1.29, 1.82) is 0 Å². The van der Waals surface area contributed by atoms with Crippen molar-refractivity contribution in [1.82, 2.24) is 0 Å². The van der Waals surface area contributed by atoms with E-state index in [-0.39, 0.29) is 74.1 Å². The van der Waals surface area contributed by atoms with E-state index in [1.165, 1.54) is 45.1 Å². The van der Waals surface area contributed by atoms with E-state index in [9.17, 15) is 14.7 Å². The molecule has 0 fully saturated rings. The second-order valence-corrected chi connectivity index (χ2v) is 8.40. The molecule has 0 aliphatic rings. The van der Waals surface area contributed by atoms with Crippen LogP contribution in [-0.4, -0.2) is 57.8 Å². The average Bonchev–Trinajstić information content (AvgIpc) is 2.94. The molecule has 0 amide bonds. The maximum Gasteiger partial charge on any atom is 0.330 e. The third kappa shape index (κ3) is 23.7. The van der Waals surface area contributed by atoms with E-state index in [1.54, 1.807) is 31.4 Å². The van der Waals surface area contributed by atoms with Gasteiger partial charge in [-0.25, -0.2) is 9.59 Å². The van der Waals surface area contributed by atoms with Gasteiger partial charge in [0.05, 0.1) is 28.4 Å². The van der Waals surface area contributed by atoms with E-state index in [0.717, 1.165) is 48.5 Å². The number of phenols is 1. The van der Waals surface area contributed by atoms with Crippen LogP contribution < -0.4 is 9.47 Å². The van der Waals surface area contributed by atoms with E-state index >= 15 is 0 Å². The molecule has 10 heteroatoms. The minimum Gasteiger partial charge on any atom is -0.504 e. The number of esters is 2. The first kappa shape index (κ1) is 52.8. The summed E-state index contributed by atoms with van der Waals surface area (Å²) in [6.07, 6.45) is 11.3. The zero-order valence-corrected chi connectivity index (χ0v) is 27.8. The second-order valence-electron chi connectivity index (χ2n) is 7.25. The molecule has 2 rings (SSSR count). The van der Waals surface area contributed by atoms with Crippen LogP contribution in [0.25, 0.3) is 12.2 Å². The maximum atomic E-state index is 11.0. The molecule has 0 aliphatic carbocycles. The number of aromatic hydroxyl groups is 1.